The molecule has 5 heteroatoms. The molecule has 1 rings (SSSR count). The third-order valence-electron chi connectivity index (χ3n) is 3.26. The minimum atomic E-state index is -0.947. The van der Waals surface area contributed by atoms with Crippen LogP contribution in [-0.2, 0) is 11.2 Å². The van der Waals surface area contributed by atoms with Gasteiger partial charge in [-0.1, -0.05) is 31.5 Å². The standard InChI is InChI=1S/C15H22N2O3/c1-3-6-13(16)14(18)17(2)10-9-11-7-4-5-8-12(11)15(19)20/h4-5,7-8,13H,3,6,9-10,16H2,1-2H3,(H,19,20)/t13-/m0/s1. The van der Waals surface area contributed by atoms with Crippen molar-refractivity contribution >= 4 is 11.9 Å². The minimum Gasteiger partial charge on any atom is -0.478 e. The van der Waals surface area contributed by atoms with Crippen LogP contribution in [0.3, 0.4) is 0 Å². The molecule has 20 heavy (non-hydrogen) atoms. The van der Waals surface area contributed by atoms with Crippen molar-refractivity contribution in [1.82, 2.24) is 4.90 Å². The molecule has 0 saturated heterocycles. The molecular formula is C15H22N2O3. The number of carboxylic acids is 1. The molecule has 0 aliphatic carbocycles. The topological polar surface area (TPSA) is 83.6 Å². The second-order valence-corrected chi connectivity index (χ2v) is 4.87. The summed E-state index contributed by atoms with van der Waals surface area (Å²) < 4.78 is 0. The number of amides is 1. The molecule has 110 valence electrons. The summed E-state index contributed by atoms with van der Waals surface area (Å²) in [6, 6.07) is 6.36. The molecule has 1 aromatic rings. The van der Waals surface area contributed by atoms with Crippen LogP contribution in [-0.4, -0.2) is 41.5 Å². The summed E-state index contributed by atoms with van der Waals surface area (Å²) in [7, 11) is 1.70. The normalized spacial score (nSPS) is 11.9. The van der Waals surface area contributed by atoms with E-state index in [-0.39, 0.29) is 11.5 Å². The van der Waals surface area contributed by atoms with E-state index in [4.69, 9.17) is 10.8 Å². The smallest absolute Gasteiger partial charge is 0.335 e. The monoisotopic (exact) mass is 278 g/mol. The fourth-order valence-corrected chi connectivity index (χ4v) is 2.06. The number of nitrogens with two attached hydrogens (primary N) is 1. The van der Waals surface area contributed by atoms with Gasteiger partial charge in [-0.3, -0.25) is 4.79 Å². The van der Waals surface area contributed by atoms with Gasteiger partial charge in [-0.25, -0.2) is 4.79 Å². The second-order valence-electron chi connectivity index (χ2n) is 4.87. The SMILES string of the molecule is CCC[C@H](N)C(=O)N(C)CCc1ccccc1C(=O)O. The minimum absolute atomic E-state index is 0.0975. The maximum atomic E-state index is 12.0. The first kappa shape index (κ1) is 16.2. The molecule has 0 unspecified atom stereocenters. The highest BCUT2D eigenvalue weighted by atomic mass is 16.4. The number of hydrogen-bond acceptors (Lipinski definition) is 3. The number of hydrogen-bond donors (Lipinski definition) is 2. The van der Waals surface area contributed by atoms with Crippen LogP contribution in [0, 0.1) is 0 Å². The van der Waals surface area contributed by atoms with E-state index in [2.05, 4.69) is 0 Å². The average Bonchev–Trinajstić information content (AvgIpc) is 2.44. The Balaban J connectivity index is 2.63. The van der Waals surface area contributed by atoms with Crippen molar-refractivity contribution in [3.8, 4) is 0 Å². The number of aromatic carboxylic acids is 1. The quantitative estimate of drug-likeness (QED) is 0.792. The molecule has 0 heterocycles. The van der Waals surface area contributed by atoms with Crippen molar-refractivity contribution in [1.29, 1.82) is 0 Å². The summed E-state index contributed by atoms with van der Waals surface area (Å²) >= 11 is 0. The average molecular weight is 278 g/mol. The lowest BCUT2D eigenvalue weighted by Crippen LogP contribution is -2.42. The Kier molecular flexibility index (Phi) is 6.18. The van der Waals surface area contributed by atoms with Gasteiger partial charge >= 0.3 is 5.97 Å². The van der Waals surface area contributed by atoms with Gasteiger partial charge in [-0.05, 0) is 24.5 Å². The Morgan fingerprint density at radius 1 is 1.35 bits per heavy atom. The first-order valence-corrected chi connectivity index (χ1v) is 6.79. The van der Waals surface area contributed by atoms with Crippen molar-refractivity contribution < 1.29 is 14.7 Å². The van der Waals surface area contributed by atoms with Crippen LogP contribution in [0.1, 0.15) is 35.7 Å². The molecule has 0 fully saturated rings. The summed E-state index contributed by atoms with van der Waals surface area (Å²) in [6.45, 7) is 2.44. The Bertz CT molecular complexity index is 474. The van der Waals surface area contributed by atoms with Crippen LogP contribution in [0.4, 0.5) is 0 Å². The van der Waals surface area contributed by atoms with Gasteiger partial charge < -0.3 is 15.7 Å². The number of likely N-dealkylation sites (N-methyl/N-ethyl adjacent to an activating group) is 1. The lowest BCUT2D eigenvalue weighted by Gasteiger charge is -2.21. The zero-order valence-electron chi connectivity index (χ0n) is 12.0. The van der Waals surface area contributed by atoms with Gasteiger partial charge in [0.25, 0.3) is 0 Å². The van der Waals surface area contributed by atoms with Crippen molar-refractivity contribution in [2.24, 2.45) is 5.73 Å². The number of carbonyl (C=O) groups is 2. The Morgan fingerprint density at radius 3 is 2.60 bits per heavy atom. The van der Waals surface area contributed by atoms with Gasteiger partial charge in [0.15, 0.2) is 0 Å². The highest BCUT2D eigenvalue weighted by molar-refractivity contribution is 5.89. The molecule has 1 amide bonds. The third-order valence-corrected chi connectivity index (χ3v) is 3.26. The first-order valence-electron chi connectivity index (χ1n) is 6.79. The molecular weight excluding hydrogens is 256 g/mol. The van der Waals surface area contributed by atoms with E-state index in [0.29, 0.717) is 19.4 Å². The number of carboxylic acid groups (broad SMARTS) is 1. The Labute approximate surface area is 119 Å². The van der Waals surface area contributed by atoms with Gasteiger partial charge in [0.1, 0.15) is 0 Å². The van der Waals surface area contributed by atoms with Crippen LogP contribution in [0.25, 0.3) is 0 Å². The molecule has 0 aromatic heterocycles. The zero-order chi connectivity index (χ0) is 15.1. The van der Waals surface area contributed by atoms with E-state index in [9.17, 15) is 9.59 Å². The maximum Gasteiger partial charge on any atom is 0.335 e. The van der Waals surface area contributed by atoms with Crippen LogP contribution in [0.2, 0.25) is 0 Å². The Morgan fingerprint density at radius 2 is 2.00 bits per heavy atom. The van der Waals surface area contributed by atoms with Crippen molar-refractivity contribution in [2.45, 2.75) is 32.2 Å². The summed E-state index contributed by atoms with van der Waals surface area (Å²) in [5.74, 6) is -1.04. The summed E-state index contributed by atoms with van der Waals surface area (Å²) in [6.07, 6.45) is 2.03. The van der Waals surface area contributed by atoms with Gasteiger partial charge in [0, 0.05) is 13.6 Å². The molecule has 1 atom stereocenters. The van der Waals surface area contributed by atoms with Crippen LogP contribution < -0.4 is 5.73 Å². The van der Waals surface area contributed by atoms with E-state index in [1.54, 1.807) is 36.2 Å². The van der Waals surface area contributed by atoms with E-state index < -0.39 is 12.0 Å². The molecule has 1 aromatic carbocycles. The molecule has 0 bridgehead atoms. The lowest BCUT2D eigenvalue weighted by atomic mass is 10.0. The fourth-order valence-electron chi connectivity index (χ4n) is 2.06. The van der Waals surface area contributed by atoms with E-state index in [0.717, 1.165) is 12.0 Å². The van der Waals surface area contributed by atoms with E-state index in [1.807, 2.05) is 6.92 Å². The second kappa shape index (κ2) is 7.65. The molecule has 3 N–H and O–H groups in total. The molecule has 0 radical (unpaired) electrons. The van der Waals surface area contributed by atoms with E-state index in [1.165, 1.54) is 0 Å². The number of benzene rings is 1. The van der Waals surface area contributed by atoms with Crippen molar-refractivity contribution in [3.05, 3.63) is 35.4 Å². The summed E-state index contributed by atoms with van der Waals surface area (Å²) in [4.78, 5) is 24.6. The largest absolute Gasteiger partial charge is 0.478 e. The molecule has 5 nitrogen and oxygen atoms in total. The number of rotatable bonds is 7. The molecule has 0 aliphatic heterocycles. The van der Waals surface area contributed by atoms with Gasteiger partial charge in [-0.2, -0.15) is 0 Å². The number of carbonyl (C=O) groups excluding carboxylic acids is 1. The molecule has 0 aliphatic rings. The van der Waals surface area contributed by atoms with Gasteiger partial charge in [0.2, 0.25) is 5.91 Å². The third kappa shape index (κ3) is 4.35. The predicted octanol–water partition coefficient (Wildman–Crippen LogP) is 1.51. The molecule has 0 spiro atoms. The van der Waals surface area contributed by atoms with E-state index >= 15 is 0 Å². The van der Waals surface area contributed by atoms with Crippen molar-refractivity contribution in [3.63, 3.8) is 0 Å². The maximum absolute atomic E-state index is 12.0. The molecule has 0 saturated carbocycles. The lowest BCUT2D eigenvalue weighted by molar-refractivity contribution is -0.131. The van der Waals surface area contributed by atoms with Crippen LogP contribution >= 0.6 is 0 Å². The first-order chi connectivity index (χ1) is 9.47. The van der Waals surface area contributed by atoms with Gasteiger partial charge in [0.05, 0.1) is 11.6 Å². The predicted molar refractivity (Wildman–Crippen MR) is 77.6 cm³/mol. The van der Waals surface area contributed by atoms with Crippen LogP contribution in [0.5, 0.6) is 0 Å². The number of nitrogens with zero attached hydrogens (tertiary/aromatic N) is 1. The Hall–Kier alpha value is -1.88. The fraction of sp³-hybridized carbons (Fsp3) is 0.467. The summed E-state index contributed by atoms with van der Waals surface area (Å²) in [5, 5.41) is 9.10. The van der Waals surface area contributed by atoms with Crippen LogP contribution in [0.15, 0.2) is 24.3 Å². The highest BCUT2D eigenvalue weighted by Crippen LogP contribution is 2.10. The highest BCUT2D eigenvalue weighted by Gasteiger charge is 2.17. The van der Waals surface area contributed by atoms with Gasteiger partial charge in [-0.15, -0.1) is 0 Å². The van der Waals surface area contributed by atoms with Crippen molar-refractivity contribution in [2.75, 3.05) is 13.6 Å². The summed E-state index contributed by atoms with van der Waals surface area (Å²) in [5.41, 5.74) is 6.80. The zero-order valence-corrected chi connectivity index (χ0v) is 12.0.